The zero-order valence-corrected chi connectivity index (χ0v) is 28.3. The summed E-state index contributed by atoms with van der Waals surface area (Å²) in [7, 11) is 0. The first kappa shape index (κ1) is 35.3. The first-order valence-electron chi connectivity index (χ1n) is 16.9. The molecular formula is C40H42F3N3O4. The van der Waals surface area contributed by atoms with Gasteiger partial charge in [0.25, 0.3) is 0 Å². The fourth-order valence-corrected chi connectivity index (χ4v) is 6.61. The Hall–Kier alpha value is -4.48. The fraction of sp³-hybridized carbons (Fsp3) is 0.325. The van der Waals surface area contributed by atoms with Crippen molar-refractivity contribution in [2.45, 2.75) is 70.4 Å². The lowest BCUT2D eigenvalue weighted by Crippen LogP contribution is -2.44. The van der Waals surface area contributed by atoms with Crippen molar-refractivity contribution in [3.63, 3.8) is 0 Å². The first-order valence-corrected chi connectivity index (χ1v) is 16.9. The van der Waals surface area contributed by atoms with Crippen molar-refractivity contribution in [1.82, 2.24) is 15.2 Å². The third kappa shape index (κ3) is 7.63. The molecule has 3 unspecified atom stereocenters. The molecule has 0 bridgehead atoms. The molecule has 7 nitrogen and oxygen atoms in total. The summed E-state index contributed by atoms with van der Waals surface area (Å²) in [4.78, 5) is 5.92. The van der Waals surface area contributed by atoms with Gasteiger partial charge in [0.05, 0.1) is 29.3 Å². The Balaban J connectivity index is 1.10. The summed E-state index contributed by atoms with van der Waals surface area (Å²) in [6, 6.07) is 28.8. The molecular weight excluding hydrogens is 643 g/mol. The number of hydrogen-bond donors (Lipinski definition) is 3. The molecule has 262 valence electrons. The summed E-state index contributed by atoms with van der Waals surface area (Å²) < 4.78 is 53.5. The summed E-state index contributed by atoms with van der Waals surface area (Å²) in [6.45, 7) is 6.64. The number of hydrogen-bond acceptors (Lipinski definition) is 7. The van der Waals surface area contributed by atoms with Gasteiger partial charge in [-0.05, 0) is 98.2 Å². The second-order valence-electron chi connectivity index (χ2n) is 13.1. The van der Waals surface area contributed by atoms with Crippen molar-refractivity contribution in [2.24, 2.45) is 0 Å². The van der Waals surface area contributed by atoms with Crippen LogP contribution in [0.1, 0.15) is 55.9 Å². The Morgan fingerprint density at radius 2 is 1.58 bits per heavy atom. The van der Waals surface area contributed by atoms with Crippen LogP contribution in [0.5, 0.6) is 11.5 Å². The lowest BCUT2D eigenvalue weighted by molar-refractivity contribution is -0.136. The Bertz CT molecular complexity index is 1890. The van der Waals surface area contributed by atoms with Gasteiger partial charge in [-0.3, -0.25) is 10.3 Å². The second-order valence-corrected chi connectivity index (χ2v) is 13.1. The molecule has 0 amide bonds. The molecule has 1 aromatic heterocycles. The van der Waals surface area contributed by atoms with Crippen LogP contribution >= 0.6 is 0 Å². The summed E-state index contributed by atoms with van der Waals surface area (Å²) in [5.41, 5.74) is 2.45. The van der Waals surface area contributed by atoms with Gasteiger partial charge < -0.3 is 19.7 Å². The summed E-state index contributed by atoms with van der Waals surface area (Å²) >= 11 is 0. The molecule has 0 radical (unpaired) electrons. The number of aliphatic hydroxyl groups is 2. The highest BCUT2D eigenvalue weighted by Crippen LogP contribution is 2.39. The summed E-state index contributed by atoms with van der Waals surface area (Å²) in [6.07, 6.45) is -3.04. The Morgan fingerprint density at radius 1 is 0.880 bits per heavy atom. The number of ether oxygens (including phenoxy) is 2. The first-order chi connectivity index (χ1) is 23.9. The lowest BCUT2D eigenvalue weighted by Gasteiger charge is -2.30. The number of aromatic nitrogens is 1. The average Bonchev–Trinajstić information content (AvgIpc) is 3.31. The van der Waals surface area contributed by atoms with Crippen molar-refractivity contribution in [1.29, 1.82) is 0 Å². The quantitative estimate of drug-likeness (QED) is 0.115. The number of rotatable bonds is 12. The van der Waals surface area contributed by atoms with E-state index in [9.17, 15) is 23.4 Å². The van der Waals surface area contributed by atoms with Gasteiger partial charge in [0.15, 0.2) is 6.35 Å². The van der Waals surface area contributed by atoms with E-state index in [0.717, 1.165) is 34.1 Å². The van der Waals surface area contributed by atoms with Gasteiger partial charge in [0.2, 0.25) is 0 Å². The zero-order valence-electron chi connectivity index (χ0n) is 28.3. The number of fused-ring (bicyclic) bond motifs is 1. The van der Waals surface area contributed by atoms with Crippen molar-refractivity contribution in [3.8, 4) is 22.6 Å². The van der Waals surface area contributed by atoms with Gasteiger partial charge in [-0.25, -0.2) is 4.90 Å². The third-order valence-corrected chi connectivity index (χ3v) is 9.14. The SMILES string of the molecule is CC(C)Oc1ccc(C2(C)NC(O)N(CCCCOc3ccc(-c4c(Cc5ccccc5)cnc5c(C(F)(F)F)cccc45)cc3)C2O)cc1. The van der Waals surface area contributed by atoms with Crippen LogP contribution in [0.15, 0.2) is 103 Å². The molecule has 2 heterocycles. The van der Waals surface area contributed by atoms with E-state index in [1.165, 1.54) is 6.07 Å². The normalized spacial score (nSPS) is 19.7. The van der Waals surface area contributed by atoms with Crippen molar-refractivity contribution < 1.29 is 32.9 Å². The molecule has 1 aliphatic heterocycles. The monoisotopic (exact) mass is 685 g/mol. The van der Waals surface area contributed by atoms with Gasteiger partial charge in [-0.15, -0.1) is 0 Å². The maximum atomic E-state index is 13.9. The van der Waals surface area contributed by atoms with Gasteiger partial charge in [-0.2, -0.15) is 13.2 Å². The highest BCUT2D eigenvalue weighted by atomic mass is 19.4. The van der Waals surface area contributed by atoms with Gasteiger partial charge >= 0.3 is 6.18 Å². The molecule has 1 saturated heterocycles. The number of para-hydroxylation sites is 1. The Morgan fingerprint density at radius 3 is 2.26 bits per heavy atom. The van der Waals surface area contributed by atoms with Crippen LogP contribution in [0, 0.1) is 0 Å². The van der Waals surface area contributed by atoms with Gasteiger partial charge in [-0.1, -0.05) is 66.7 Å². The minimum Gasteiger partial charge on any atom is -0.494 e. The summed E-state index contributed by atoms with van der Waals surface area (Å²) in [5.74, 6) is 1.37. The number of nitrogens with zero attached hydrogens (tertiary/aromatic N) is 2. The van der Waals surface area contributed by atoms with E-state index in [-0.39, 0.29) is 11.6 Å². The number of nitrogens with one attached hydrogen (secondary N) is 1. The average molecular weight is 686 g/mol. The highest BCUT2D eigenvalue weighted by Gasteiger charge is 2.48. The van der Waals surface area contributed by atoms with E-state index in [2.05, 4.69) is 10.3 Å². The van der Waals surface area contributed by atoms with Crippen molar-refractivity contribution in [2.75, 3.05) is 13.2 Å². The molecule has 3 atom stereocenters. The second kappa shape index (κ2) is 14.8. The van der Waals surface area contributed by atoms with E-state index in [1.807, 2.05) is 99.6 Å². The molecule has 0 saturated carbocycles. The number of pyridine rings is 1. The Labute approximate surface area is 290 Å². The third-order valence-electron chi connectivity index (χ3n) is 9.14. The molecule has 10 heteroatoms. The molecule has 1 aliphatic rings. The summed E-state index contributed by atoms with van der Waals surface area (Å²) in [5, 5.41) is 25.5. The van der Waals surface area contributed by atoms with Crippen molar-refractivity contribution in [3.05, 3.63) is 126 Å². The molecule has 3 N–H and O–H groups in total. The minimum atomic E-state index is -4.53. The largest absolute Gasteiger partial charge is 0.494 e. The van der Waals surface area contributed by atoms with E-state index < -0.39 is 29.9 Å². The lowest BCUT2D eigenvalue weighted by atomic mass is 9.91. The molecule has 4 aromatic carbocycles. The fourth-order valence-electron chi connectivity index (χ4n) is 6.61. The van der Waals surface area contributed by atoms with Crippen LogP contribution in [-0.2, 0) is 18.1 Å². The smallest absolute Gasteiger partial charge is 0.418 e. The number of alkyl halides is 3. The molecule has 0 spiro atoms. The van der Waals surface area contributed by atoms with Crippen LogP contribution < -0.4 is 14.8 Å². The number of unbranched alkanes of at least 4 members (excludes halogenated alkanes) is 1. The molecule has 0 aliphatic carbocycles. The predicted molar refractivity (Wildman–Crippen MR) is 188 cm³/mol. The highest BCUT2D eigenvalue weighted by molar-refractivity contribution is 5.98. The number of benzene rings is 4. The van der Waals surface area contributed by atoms with Crippen LogP contribution in [0.2, 0.25) is 0 Å². The maximum absolute atomic E-state index is 13.9. The van der Waals surface area contributed by atoms with E-state index >= 15 is 0 Å². The van der Waals surface area contributed by atoms with Crippen LogP contribution in [0.3, 0.4) is 0 Å². The van der Waals surface area contributed by atoms with E-state index in [0.29, 0.717) is 49.1 Å². The predicted octanol–water partition coefficient (Wildman–Crippen LogP) is 7.87. The molecule has 6 rings (SSSR count). The number of halogens is 3. The Kier molecular flexibility index (Phi) is 10.5. The molecule has 5 aromatic rings. The maximum Gasteiger partial charge on any atom is 0.418 e. The van der Waals surface area contributed by atoms with Gasteiger partial charge in [0, 0.05) is 18.1 Å². The number of aliphatic hydroxyl groups excluding tert-OH is 2. The standard InChI is InChI=1S/C40H42F3N3O4/c1-26(2)50-32-20-16-30(17-21-32)39(3)37(47)46(38(48)45-39)22-7-8-23-49-31-18-14-28(15-19-31)35-29(24-27-10-5-4-6-11-27)25-44-36-33(35)12-9-13-34(36)40(41,42)43/h4-6,9-21,25-26,37-38,45,47-48H,7-8,22-24H2,1-3H3. The van der Waals surface area contributed by atoms with E-state index in [1.54, 1.807) is 17.2 Å². The zero-order chi connectivity index (χ0) is 35.5. The van der Waals surface area contributed by atoms with Crippen LogP contribution in [-0.4, -0.2) is 51.9 Å². The minimum absolute atomic E-state index is 0.0527. The topological polar surface area (TPSA) is 87.1 Å². The van der Waals surface area contributed by atoms with Crippen LogP contribution in [0.25, 0.3) is 22.0 Å². The van der Waals surface area contributed by atoms with Crippen LogP contribution in [0.4, 0.5) is 13.2 Å². The molecule has 50 heavy (non-hydrogen) atoms. The molecule has 1 fully saturated rings. The van der Waals surface area contributed by atoms with Crippen molar-refractivity contribution >= 4 is 10.9 Å². The van der Waals surface area contributed by atoms with Gasteiger partial charge in [0.1, 0.15) is 17.7 Å². The van der Waals surface area contributed by atoms with E-state index in [4.69, 9.17) is 9.47 Å².